The lowest BCUT2D eigenvalue weighted by Gasteiger charge is -2.33. The number of nitrogens with one attached hydrogen (secondary N) is 3. The number of benzene rings is 2. The molecular formula is C25H32N4O3. The highest BCUT2D eigenvalue weighted by Crippen LogP contribution is 2.15. The van der Waals surface area contributed by atoms with Gasteiger partial charge in [0.05, 0.1) is 0 Å². The van der Waals surface area contributed by atoms with Gasteiger partial charge in [0, 0.05) is 30.4 Å². The standard InChI is InChI=1S/C25H32N4O3/c1-3-18(2)22(28-23(30)19-10-6-4-7-11-19)24(31)26-21-14-16-29(17-15-21)25(32)27-20-12-8-5-9-13-20/h4-13,18,21-22H,3,14-17H2,1-2H3,(H,26,31)(H,27,32)(H,28,30). The van der Waals surface area contributed by atoms with Gasteiger partial charge in [0.1, 0.15) is 6.04 Å². The number of piperidine rings is 1. The van der Waals surface area contributed by atoms with Crippen molar-refractivity contribution in [3.05, 3.63) is 66.2 Å². The molecule has 2 atom stereocenters. The lowest BCUT2D eigenvalue weighted by Crippen LogP contribution is -2.55. The van der Waals surface area contributed by atoms with E-state index in [0.717, 1.165) is 12.1 Å². The summed E-state index contributed by atoms with van der Waals surface area (Å²) in [6.07, 6.45) is 2.12. The van der Waals surface area contributed by atoms with Gasteiger partial charge in [-0.1, -0.05) is 56.7 Å². The molecule has 2 unspecified atom stereocenters. The SMILES string of the molecule is CCC(C)C(NC(=O)c1ccccc1)C(=O)NC1CCN(C(=O)Nc2ccccc2)CC1. The molecule has 0 bridgehead atoms. The summed E-state index contributed by atoms with van der Waals surface area (Å²) in [5.41, 5.74) is 1.30. The summed E-state index contributed by atoms with van der Waals surface area (Å²) in [6, 6.07) is 17.5. The number of anilines is 1. The number of hydrogen-bond acceptors (Lipinski definition) is 3. The Kier molecular flexibility index (Phi) is 8.25. The normalized spacial score (nSPS) is 16.0. The molecule has 1 fully saturated rings. The zero-order valence-electron chi connectivity index (χ0n) is 18.7. The lowest BCUT2D eigenvalue weighted by molar-refractivity contribution is -0.125. The van der Waals surface area contributed by atoms with Crippen LogP contribution < -0.4 is 16.0 Å². The summed E-state index contributed by atoms with van der Waals surface area (Å²) in [5, 5.41) is 8.89. The summed E-state index contributed by atoms with van der Waals surface area (Å²) >= 11 is 0. The van der Waals surface area contributed by atoms with Crippen LogP contribution in [0.4, 0.5) is 10.5 Å². The van der Waals surface area contributed by atoms with E-state index in [2.05, 4.69) is 16.0 Å². The van der Waals surface area contributed by atoms with Gasteiger partial charge in [0.2, 0.25) is 5.91 Å². The van der Waals surface area contributed by atoms with Gasteiger partial charge in [-0.2, -0.15) is 0 Å². The van der Waals surface area contributed by atoms with Crippen LogP contribution in [0.2, 0.25) is 0 Å². The number of likely N-dealkylation sites (tertiary alicyclic amines) is 1. The molecule has 1 aliphatic heterocycles. The van der Waals surface area contributed by atoms with Crippen molar-refractivity contribution in [3.8, 4) is 0 Å². The molecule has 1 aliphatic rings. The quantitative estimate of drug-likeness (QED) is 0.619. The fourth-order valence-corrected chi connectivity index (χ4v) is 3.76. The van der Waals surface area contributed by atoms with E-state index in [0.29, 0.717) is 31.5 Å². The third-order valence-electron chi connectivity index (χ3n) is 5.97. The van der Waals surface area contributed by atoms with E-state index in [4.69, 9.17) is 0 Å². The predicted octanol–water partition coefficient (Wildman–Crippen LogP) is 3.64. The van der Waals surface area contributed by atoms with Crippen LogP contribution in [0.1, 0.15) is 43.5 Å². The molecular weight excluding hydrogens is 404 g/mol. The van der Waals surface area contributed by atoms with Gasteiger partial charge in [-0.3, -0.25) is 9.59 Å². The Balaban J connectivity index is 1.52. The second-order valence-corrected chi connectivity index (χ2v) is 8.27. The maximum atomic E-state index is 13.0. The Labute approximate surface area is 189 Å². The number of nitrogens with zero attached hydrogens (tertiary/aromatic N) is 1. The van der Waals surface area contributed by atoms with E-state index in [1.807, 2.05) is 50.2 Å². The number of amides is 4. The van der Waals surface area contributed by atoms with Crippen LogP contribution in [-0.4, -0.2) is 47.9 Å². The zero-order valence-corrected chi connectivity index (χ0v) is 18.7. The molecule has 0 saturated carbocycles. The number of hydrogen-bond donors (Lipinski definition) is 3. The van der Waals surface area contributed by atoms with Gasteiger partial charge in [-0.05, 0) is 43.0 Å². The Morgan fingerprint density at radius 2 is 1.56 bits per heavy atom. The average molecular weight is 437 g/mol. The van der Waals surface area contributed by atoms with E-state index in [1.165, 1.54) is 0 Å². The smallest absolute Gasteiger partial charge is 0.321 e. The van der Waals surface area contributed by atoms with Crippen molar-refractivity contribution in [3.63, 3.8) is 0 Å². The van der Waals surface area contributed by atoms with Crippen molar-refractivity contribution < 1.29 is 14.4 Å². The number of para-hydroxylation sites is 1. The van der Waals surface area contributed by atoms with Crippen molar-refractivity contribution in [1.82, 2.24) is 15.5 Å². The van der Waals surface area contributed by atoms with Crippen LogP contribution in [0.3, 0.4) is 0 Å². The molecule has 0 aliphatic carbocycles. The second kappa shape index (κ2) is 11.3. The molecule has 2 aromatic carbocycles. The molecule has 0 aromatic heterocycles. The van der Waals surface area contributed by atoms with Gasteiger partial charge in [-0.25, -0.2) is 4.79 Å². The van der Waals surface area contributed by atoms with Crippen LogP contribution in [0.25, 0.3) is 0 Å². The first kappa shape index (κ1) is 23.3. The molecule has 0 radical (unpaired) electrons. The average Bonchev–Trinajstić information content (AvgIpc) is 2.83. The van der Waals surface area contributed by atoms with E-state index in [-0.39, 0.29) is 29.8 Å². The number of carbonyl (C=O) groups excluding carboxylic acids is 3. The van der Waals surface area contributed by atoms with Gasteiger partial charge >= 0.3 is 6.03 Å². The van der Waals surface area contributed by atoms with Crippen LogP contribution in [0.15, 0.2) is 60.7 Å². The second-order valence-electron chi connectivity index (χ2n) is 8.27. The summed E-state index contributed by atoms with van der Waals surface area (Å²) < 4.78 is 0. The minimum atomic E-state index is -0.605. The van der Waals surface area contributed by atoms with E-state index in [9.17, 15) is 14.4 Å². The Bertz CT molecular complexity index is 896. The highest BCUT2D eigenvalue weighted by Gasteiger charge is 2.30. The highest BCUT2D eigenvalue weighted by atomic mass is 16.2. The van der Waals surface area contributed by atoms with E-state index in [1.54, 1.807) is 29.2 Å². The molecule has 2 aromatic rings. The fourth-order valence-electron chi connectivity index (χ4n) is 3.76. The molecule has 4 amide bonds. The Morgan fingerprint density at radius 3 is 2.16 bits per heavy atom. The molecule has 3 rings (SSSR count). The molecule has 3 N–H and O–H groups in total. The number of urea groups is 1. The molecule has 1 heterocycles. The van der Waals surface area contributed by atoms with Gasteiger partial charge < -0.3 is 20.9 Å². The minimum absolute atomic E-state index is 0.000554. The molecule has 0 spiro atoms. The van der Waals surface area contributed by atoms with Gasteiger partial charge in [0.25, 0.3) is 5.91 Å². The topological polar surface area (TPSA) is 90.5 Å². The van der Waals surface area contributed by atoms with Crippen molar-refractivity contribution in [2.75, 3.05) is 18.4 Å². The molecule has 7 heteroatoms. The maximum Gasteiger partial charge on any atom is 0.321 e. The molecule has 32 heavy (non-hydrogen) atoms. The maximum absolute atomic E-state index is 13.0. The van der Waals surface area contributed by atoms with E-state index < -0.39 is 6.04 Å². The van der Waals surface area contributed by atoms with Crippen molar-refractivity contribution >= 4 is 23.5 Å². The highest BCUT2D eigenvalue weighted by molar-refractivity contribution is 5.97. The van der Waals surface area contributed by atoms with Crippen LogP contribution in [0.5, 0.6) is 0 Å². The number of rotatable bonds is 7. The van der Waals surface area contributed by atoms with Crippen molar-refractivity contribution in [2.24, 2.45) is 5.92 Å². The monoisotopic (exact) mass is 436 g/mol. The lowest BCUT2D eigenvalue weighted by atomic mass is 9.96. The Hall–Kier alpha value is -3.35. The summed E-state index contributed by atoms with van der Waals surface area (Å²) in [7, 11) is 0. The Morgan fingerprint density at radius 1 is 0.969 bits per heavy atom. The molecule has 1 saturated heterocycles. The largest absolute Gasteiger partial charge is 0.351 e. The third-order valence-corrected chi connectivity index (χ3v) is 5.97. The van der Waals surface area contributed by atoms with Crippen molar-refractivity contribution in [1.29, 1.82) is 0 Å². The molecule has 7 nitrogen and oxygen atoms in total. The van der Waals surface area contributed by atoms with E-state index >= 15 is 0 Å². The summed E-state index contributed by atoms with van der Waals surface area (Å²) in [4.78, 5) is 39.8. The first-order chi connectivity index (χ1) is 15.5. The first-order valence-corrected chi connectivity index (χ1v) is 11.2. The van der Waals surface area contributed by atoms with Crippen LogP contribution in [0, 0.1) is 5.92 Å². The zero-order chi connectivity index (χ0) is 22.9. The predicted molar refractivity (Wildman–Crippen MR) is 125 cm³/mol. The van der Waals surface area contributed by atoms with Crippen LogP contribution in [-0.2, 0) is 4.79 Å². The number of carbonyl (C=O) groups is 3. The fraction of sp³-hybridized carbons (Fsp3) is 0.400. The van der Waals surface area contributed by atoms with Gasteiger partial charge in [-0.15, -0.1) is 0 Å². The minimum Gasteiger partial charge on any atom is -0.351 e. The molecule has 170 valence electrons. The third kappa shape index (κ3) is 6.33. The first-order valence-electron chi connectivity index (χ1n) is 11.2. The summed E-state index contributed by atoms with van der Waals surface area (Å²) in [6.45, 7) is 5.09. The van der Waals surface area contributed by atoms with Crippen LogP contribution >= 0.6 is 0 Å². The summed E-state index contributed by atoms with van der Waals surface area (Å²) in [5.74, 6) is -0.423. The van der Waals surface area contributed by atoms with Crippen molar-refractivity contribution in [2.45, 2.75) is 45.2 Å². The van der Waals surface area contributed by atoms with Gasteiger partial charge in [0.15, 0.2) is 0 Å².